The van der Waals surface area contributed by atoms with Gasteiger partial charge in [0.1, 0.15) is 34.6 Å². The Morgan fingerprint density at radius 3 is 1.42 bits per heavy atom. The maximum absolute atomic E-state index is 8.15. The van der Waals surface area contributed by atoms with Crippen LogP contribution in [0.5, 0.6) is 23.0 Å². The molecule has 0 bridgehead atoms. The highest BCUT2D eigenvalue weighted by molar-refractivity contribution is 6.10. The van der Waals surface area contributed by atoms with Gasteiger partial charge in [-0.2, -0.15) is 0 Å². The monoisotopic (exact) mass is 673 g/mol. The second kappa shape index (κ2) is 12.2. The summed E-state index contributed by atoms with van der Waals surface area (Å²) in [5.41, 5.74) is 4.71. The average Bonchev–Trinajstić information content (AvgIpc) is 3.70. The van der Waals surface area contributed by atoms with Crippen LogP contribution in [0.3, 0.4) is 0 Å². The van der Waals surface area contributed by atoms with Crippen LogP contribution in [0.4, 0.5) is 0 Å². The molecule has 0 fully saturated rings. The molecule has 0 radical (unpaired) electrons. The summed E-state index contributed by atoms with van der Waals surface area (Å²) in [4.78, 5) is 18.2. The Labute approximate surface area is 299 Å². The summed E-state index contributed by atoms with van der Waals surface area (Å²) >= 11 is 0. The summed E-state index contributed by atoms with van der Waals surface area (Å²) in [6, 6.07) is 47.7. The molecule has 0 atom stereocenters. The standard InChI is InChI=1S/C44H28N6O2/c1-3-12-38-34(10-1)36-18-16-30(27-40(36)49(38)42-14-5-7-20-45-42)51-32-24-29(44-47-22-9-23-48-44)25-33(26-32)52-31-17-19-37-35-11-2-4-13-39(35)50(41(37)28-31)43-15-6-8-21-46-43/h1-28H/i22D. The van der Waals surface area contributed by atoms with E-state index in [9.17, 15) is 0 Å². The fraction of sp³-hybridized carbons (Fsp3) is 0. The molecule has 0 aliphatic heterocycles. The number of fused-ring (bicyclic) bond motifs is 6. The van der Waals surface area contributed by atoms with E-state index in [0.717, 1.165) is 55.2 Å². The van der Waals surface area contributed by atoms with Crippen LogP contribution >= 0.6 is 0 Å². The van der Waals surface area contributed by atoms with Crippen LogP contribution in [0, 0.1) is 0 Å². The predicted molar refractivity (Wildman–Crippen MR) is 205 cm³/mol. The number of hydrogen-bond donors (Lipinski definition) is 0. The van der Waals surface area contributed by atoms with Crippen molar-refractivity contribution in [3.8, 4) is 46.0 Å². The van der Waals surface area contributed by atoms with Crippen molar-refractivity contribution < 1.29 is 10.8 Å². The normalized spacial score (nSPS) is 11.7. The van der Waals surface area contributed by atoms with Gasteiger partial charge in [-0.25, -0.2) is 19.9 Å². The molecule has 0 spiro atoms. The first-order chi connectivity index (χ1) is 26.2. The second-order valence-corrected chi connectivity index (χ2v) is 12.3. The highest BCUT2D eigenvalue weighted by Crippen LogP contribution is 2.39. The third-order valence-corrected chi connectivity index (χ3v) is 9.17. The van der Waals surface area contributed by atoms with Crippen LogP contribution in [-0.4, -0.2) is 29.1 Å². The van der Waals surface area contributed by atoms with E-state index in [2.05, 4.69) is 65.5 Å². The van der Waals surface area contributed by atoms with Crippen LogP contribution < -0.4 is 9.47 Å². The number of aromatic nitrogens is 6. The Balaban J connectivity index is 1.08. The Morgan fingerprint density at radius 1 is 0.404 bits per heavy atom. The summed E-state index contributed by atoms with van der Waals surface area (Å²) < 4.78 is 25.7. The van der Waals surface area contributed by atoms with Gasteiger partial charge in [0.2, 0.25) is 0 Å². The maximum Gasteiger partial charge on any atom is 0.159 e. The number of hydrogen-bond acceptors (Lipinski definition) is 6. The smallest absolute Gasteiger partial charge is 0.159 e. The van der Waals surface area contributed by atoms with E-state index < -0.39 is 0 Å². The Morgan fingerprint density at radius 2 is 0.904 bits per heavy atom. The lowest BCUT2D eigenvalue weighted by molar-refractivity contribution is 0.461. The minimum absolute atomic E-state index is 0.115. The van der Waals surface area contributed by atoms with Crippen LogP contribution in [0.2, 0.25) is 0 Å². The van der Waals surface area contributed by atoms with Gasteiger partial charge >= 0.3 is 0 Å². The van der Waals surface area contributed by atoms with Gasteiger partial charge in [0, 0.05) is 70.1 Å². The van der Waals surface area contributed by atoms with Gasteiger partial charge in [-0.3, -0.25) is 9.13 Å². The van der Waals surface area contributed by atoms with Crippen molar-refractivity contribution in [1.29, 1.82) is 0 Å². The van der Waals surface area contributed by atoms with Crippen molar-refractivity contribution in [3.05, 3.63) is 170 Å². The van der Waals surface area contributed by atoms with Gasteiger partial charge in [0.15, 0.2) is 5.82 Å². The number of nitrogens with zero attached hydrogens (tertiary/aromatic N) is 6. The molecule has 5 aromatic carbocycles. The fourth-order valence-corrected chi connectivity index (χ4v) is 6.99. The van der Waals surface area contributed by atoms with Gasteiger partial charge in [-0.05, 0) is 78.9 Å². The maximum atomic E-state index is 8.15. The Hall–Kier alpha value is -7.32. The van der Waals surface area contributed by atoms with Crippen LogP contribution in [-0.2, 0) is 0 Å². The lowest BCUT2D eigenvalue weighted by atomic mass is 10.1. The third-order valence-electron chi connectivity index (χ3n) is 9.17. The fourth-order valence-electron chi connectivity index (χ4n) is 6.99. The zero-order valence-electron chi connectivity index (χ0n) is 28.6. The largest absolute Gasteiger partial charge is 0.457 e. The summed E-state index contributed by atoms with van der Waals surface area (Å²) in [5.74, 6) is 4.36. The SMILES string of the molecule is [2H]c1ccnc(-c2cc(Oc3ccc4c5ccccc5n(-c5ccccn5)c4c3)cc(Oc3ccc4c5ccccc5n(-c5ccccn5)c4c3)c2)n1. The third kappa shape index (κ3) is 5.09. The van der Waals surface area contributed by atoms with Gasteiger partial charge < -0.3 is 9.47 Å². The van der Waals surface area contributed by atoms with Gasteiger partial charge in [-0.15, -0.1) is 0 Å². The molecule has 0 saturated heterocycles. The highest BCUT2D eigenvalue weighted by Gasteiger charge is 2.17. The van der Waals surface area contributed by atoms with Crippen molar-refractivity contribution in [2.75, 3.05) is 0 Å². The number of ether oxygens (including phenoxy) is 2. The molecule has 10 rings (SSSR count). The minimum atomic E-state index is 0.115. The Kier molecular flexibility index (Phi) is 6.70. The highest BCUT2D eigenvalue weighted by atomic mass is 16.5. The first-order valence-corrected chi connectivity index (χ1v) is 16.9. The van der Waals surface area contributed by atoms with Gasteiger partial charge in [0.05, 0.1) is 23.4 Å². The number of para-hydroxylation sites is 2. The molecule has 246 valence electrons. The summed E-state index contributed by atoms with van der Waals surface area (Å²) in [5, 5.41) is 4.44. The van der Waals surface area contributed by atoms with Crippen LogP contribution in [0.15, 0.2) is 170 Å². The van der Waals surface area contributed by atoms with E-state index in [1.807, 2.05) is 103 Å². The molecule has 0 aliphatic carbocycles. The number of pyridine rings is 2. The summed E-state index contributed by atoms with van der Waals surface area (Å²) in [7, 11) is 0. The first-order valence-electron chi connectivity index (χ1n) is 17.4. The quantitative estimate of drug-likeness (QED) is 0.168. The zero-order chi connectivity index (χ0) is 35.3. The molecule has 0 N–H and O–H groups in total. The molecule has 8 nitrogen and oxygen atoms in total. The molecule has 8 heteroatoms. The lowest BCUT2D eigenvalue weighted by Gasteiger charge is -2.13. The van der Waals surface area contributed by atoms with Crippen molar-refractivity contribution in [2.45, 2.75) is 0 Å². The molecule has 0 aliphatic rings. The zero-order valence-corrected chi connectivity index (χ0v) is 27.6. The molecular weight excluding hydrogens is 645 g/mol. The predicted octanol–water partition coefficient (Wildman–Crippen LogP) is 10.7. The number of rotatable bonds is 7. The van der Waals surface area contributed by atoms with E-state index in [4.69, 9.17) is 10.8 Å². The topological polar surface area (TPSA) is 79.9 Å². The molecule has 52 heavy (non-hydrogen) atoms. The van der Waals surface area contributed by atoms with E-state index in [1.165, 1.54) is 0 Å². The van der Waals surface area contributed by atoms with Crippen LogP contribution in [0.25, 0.3) is 66.6 Å². The molecule has 0 unspecified atom stereocenters. The Bertz CT molecular complexity index is 2800. The molecular formula is C44H28N6O2. The molecule has 5 aromatic heterocycles. The summed E-state index contributed by atoms with van der Waals surface area (Å²) in [6.07, 6.45) is 5.29. The lowest BCUT2D eigenvalue weighted by Crippen LogP contribution is -1.97. The van der Waals surface area contributed by atoms with Gasteiger partial charge in [-0.1, -0.05) is 48.5 Å². The van der Waals surface area contributed by atoms with E-state index >= 15 is 0 Å². The van der Waals surface area contributed by atoms with E-state index in [-0.39, 0.29) is 6.17 Å². The molecule has 0 saturated carbocycles. The van der Waals surface area contributed by atoms with E-state index in [0.29, 0.717) is 34.4 Å². The van der Waals surface area contributed by atoms with Crippen molar-refractivity contribution in [1.82, 2.24) is 29.1 Å². The molecule has 10 aromatic rings. The number of benzene rings is 5. The average molecular weight is 674 g/mol. The second-order valence-electron chi connectivity index (χ2n) is 12.3. The minimum Gasteiger partial charge on any atom is -0.457 e. The van der Waals surface area contributed by atoms with E-state index in [1.54, 1.807) is 24.7 Å². The van der Waals surface area contributed by atoms with Crippen molar-refractivity contribution in [3.63, 3.8) is 0 Å². The van der Waals surface area contributed by atoms with Crippen molar-refractivity contribution >= 4 is 43.6 Å². The molecule has 0 amide bonds. The van der Waals surface area contributed by atoms with Gasteiger partial charge in [0.25, 0.3) is 0 Å². The van der Waals surface area contributed by atoms with Crippen LogP contribution in [0.1, 0.15) is 1.37 Å². The van der Waals surface area contributed by atoms with Crippen molar-refractivity contribution in [2.24, 2.45) is 0 Å². The first kappa shape index (κ1) is 28.5. The summed E-state index contributed by atoms with van der Waals surface area (Å²) in [6.45, 7) is 0. The molecule has 5 heterocycles.